The topological polar surface area (TPSA) is 94.2 Å². The molecule has 0 spiro atoms. The Bertz CT molecular complexity index is 836. The van der Waals surface area contributed by atoms with Crippen LogP contribution in [0.1, 0.15) is 24.0 Å². The van der Waals surface area contributed by atoms with Crippen molar-refractivity contribution in [2.75, 3.05) is 40.4 Å². The zero-order valence-electron chi connectivity index (χ0n) is 17.7. The van der Waals surface area contributed by atoms with Gasteiger partial charge in [0.1, 0.15) is 18.9 Å². The third-order valence-corrected chi connectivity index (χ3v) is 6.60. The first kappa shape index (κ1) is 20.5. The normalized spacial score (nSPS) is 25.4. The largest absolute Gasteiger partial charge is 0.381 e. The Hall–Kier alpha value is -2.81. The molecule has 162 valence electrons. The summed E-state index contributed by atoms with van der Waals surface area (Å²) in [5.41, 5.74) is 2.20. The molecule has 0 saturated carbocycles. The molecule has 0 bridgehead atoms. The highest BCUT2D eigenvalue weighted by Crippen LogP contribution is 2.34. The summed E-state index contributed by atoms with van der Waals surface area (Å²) in [6.45, 7) is 3.75. The Morgan fingerprint density at radius 1 is 1.17 bits per heavy atom. The van der Waals surface area contributed by atoms with Crippen molar-refractivity contribution in [1.82, 2.24) is 25.3 Å². The van der Waals surface area contributed by atoms with Gasteiger partial charge in [-0.2, -0.15) is 0 Å². The van der Waals surface area contributed by atoms with Crippen LogP contribution in [0.4, 0.5) is 9.59 Å². The molecule has 9 heteroatoms. The predicted octanol–water partition coefficient (Wildman–Crippen LogP) is 0.834. The third-order valence-electron chi connectivity index (χ3n) is 6.60. The number of rotatable bonds is 5. The zero-order chi connectivity index (χ0) is 21.5. The molecule has 4 rings (SSSR count). The molecule has 0 aromatic heterocycles. The van der Waals surface area contributed by atoms with Crippen LogP contribution in [0.15, 0.2) is 24.3 Å². The number of carbonyl (C=O) groups is 3. The third kappa shape index (κ3) is 3.47. The summed E-state index contributed by atoms with van der Waals surface area (Å²) in [6, 6.07) is 7.90. The molecular weight excluding hydrogens is 386 g/mol. The molecule has 2 N–H and O–H groups in total. The Morgan fingerprint density at radius 3 is 2.50 bits per heavy atom. The second-order valence-corrected chi connectivity index (χ2v) is 8.48. The molecular formula is C21H29N5O4. The van der Waals surface area contributed by atoms with E-state index in [0.717, 1.165) is 12.8 Å². The minimum atomic E-state index is -0.491. The lowest BCUT2D eigenvalue weighted by Gasteiger charge is -2.38. The summed E-state index contributed by atoms with van der Waals surface area (Å²) >= 11 is 0. The molecule has 3 heterocycles. The number of ether oxygens (including phenoxy) is 1. The fraction of sp³-hybridized carbons (Fsp3) is 0.571. The molecule has 5 amide bonds. The summed E-state index contributed by atoms with van der Waals surface area (Å²) in [4.78, 5) is 41.8. The minimum absolute atomic E-state index is 0.0983. The molecule has 1 aromatic carbocycles. The van der Waals surface area contributed by atoms with Crippen LogP contribution in [0.5, 0.6) is 0 Å². The monoisotopic (exact) mass is 415 g/mol. The Labute approximate surface area is 176 Å². The van der Waals surface area contributed by atoms with Crippen molar-refractivity contribution in [3.05, 3.63) is 35.4 Å². The second kappa shape index (κ2) is 7.79. The lowest BCUT2D eigenvalue weighted by Crippen LogP contribution is -2.51. The van der Waals surface area contributed by atoms with E-state index in [2.05, 4.69) is 41.8 Å². The van der Waals surface area contributed by atoms with E-state index < -0.39 is 12.3 Å². The van der Waals surface area contributed by atoms with Gasteiger partial charge in [0.05, 0.1) is 0 Å². The van der Waals surface area contributed by atoms with Gasteiger partial charge in [0.2, 0.25) is 5.91 Å². The summed E-state index contributed by atoms with van der Waals surface area (Å²) < 4.78 is 5.56. The lowest BCUT2D eigenvalue weighted by molar-refractivity contribution is -0.122. The van der Waals surface area contributed by atoms with Crippen LogP contribution in [0.3, 0.4) is 0 Å². The highest BCUT2D eigenvalue weighted by atomic mass is 16.5. The number of fused-ring (bicyclic) bond motifs is 1. The first-order valence-electron chi connectivity index (χ1n) is 10.3. The Morgan fingerprint density at radius 2 is 1.83 bits per heavy atom. The van der Waals surface area contributed by atoms with Gasteiger partial charge >= 0.3 is 12.1 Å². The number of hydrogen-bond acceptors (Lipinski definition) is 4. The predicted molar refractivity (Wildman–Crippen MR) is 110 cm³/mol. The molecule has 9 nitrogen and oxygen atoms in total. The van der Waals surface area contributed by atoms with E-state index in [0.29, 0.717) is 19.8 Å². The second-order valence-electron chi connectivity index (χ2n) is 8.48. The maximum Gasteiger partial charge on any atom is 0.323 e. The van der Waals surface area contributed by atoms with E-state index in [4.69, 9.17) is 4.74 Å². The first-order chi connectivity index (χ1) is 14.3. The Balaban J connectivity index is 1.43. The number of urea groups is 2. The van der Waals surface area contributed by atoms with E-state index >= 15 is 0 Å². The van der Waals surface area contributed by atoms with Gasteiger partial charge in [-0.3, -0.25) is 9.69 Å². The summed E-state index contributed by atoms with van der Waals surface area (Å²) in [5, 5.41) is 5.82. The molecule has 0 aliphatic carbocycles. The number of nitrogens with one attached hydrogen (secondary N) is 2. The first-order valence-corrected chi connectivity index (χ1v) is 10.3. The van der Waals surface area contributed by atoms with Gasteiger partial charge in [0.15, 0.2) is 0 Å². The van der Waals surface area contributed by atoms with Crippen molar-refractivity contribution < 1.29 is 19.1 Å². The highest BCUT2D eigenvalue weighted by Gasteiger charge is 2.52. The van der Waals surface area contributed by atoms with Crippen molar-refractivity contribution >= 4 is 18.0 Å². The van der Waals surface area contributed by atoms with Crippen molar-refractivity contribution in [3.8, 4) is 0 Å². The van der Waals surface area contributed by atoms with Crippen LogP contribution in [0, 0.1) is 6.92 Å². The molecule has 3 aliphatic rings. The van der Waals surface area contributed by atoms with Crippen LogP contribution in [-0.2, 0) is 14.9 Å². The molecule has 0 radical (unpaired) electrons. The number of likely N-dealkylation sites (N-methyl/N-ethyl adjacent to an activating group) is 2. The molecule has 2 atom stereocenters. The SMILES string of the molecule is Cc1ccc(C2(CNC(=O)CN3C(=O)N[C@H]4[C@H]3N(C)C(=O)N4C)CCOCC2)cc1. The van der Waals surface area contributed by atoms with Crippen molar-refractivity contribution in [2.24, 2.45) is 0 Å². The molecule has 3 fully saturated rings. The van der Waals surface area contributed by atoms with Crippen LogP contribution in [0.2, 0.25) is 0 Å². The molecule has 3 saturated heterocycles. The molecule has 1 aromatic rings. The average Bonchev–Trinajstić information content (AvgIpc) is 3.17. The summed E-state index contributed by atoms with van der Waals surface area (Å²) in [5.74, 6) is -0.237. The maximum absolute atomic E-state index is 12.8. The van der Waals surface area contributed by atoms with Gasteiger partial charge < -0.3 is 25.2 Å². The number of aryl methyl sites for hydroxylation is 1. The highest BCUT2D eigenvalue weighted by molar-refractivity contribution is 5.88. The van der Waals surface area contributed by atoms with Gasteiger partial charge in [0.25, 0.3) is 0 Å². The van der Waals surface area contributed by atoms with Gasteiger partial charge in [-0.1, -0.05) is 29.8 Å². The smallest absolute Gasteiger partial charge is 0.323 e. The van der Waals surface area contributed by atoms with Crippen LogP contribution in [-0.4, -0.2) is 85.4 Å². The fourth-order valence-electron chi connectivity index (χ4n) is 4.65. The van der Waals surface area contributed by atoms with Gasteiger partial charge in [-0.25, -0.2) is 9.59 Å². The minimum Gasteiger partial charge on any atom is -0.381 e. The number of benzene rings is 1. The van der Waals surface area contributed by atoms with Gasteiger partial charge in [-0.15, -0.1) is 0 Å². The van der Waals surface area contributed by atoms with Crippen LogP contribution < -0.4 is 10.6 Å². The molecule has 3 aliphatic heterocycles. The van der Waals surface area contributed by atoms with E-state index in [9.17, 15) is 14.4 Å². The van der Waals surface area contributed by atoms with Gasteiger partial charge in [-0.05, 0) is 25.3 Å². The molecule has 30 heavy (non-hydrogen) atoms. The summed E-state index contributed by atoms with van der Waals surface area (Å²) in [6.07, 6.45) is 0.715. The van der Waals surface area contributed by atoms with E-state index in [1.807, 2.05) is 0 Å². The average molecular weight is 415 g/mol. The van der Waals surface area contributed by atoms with Crippen LogP contribution in [0.25, 0.3) is 0 Å². The van der Waals surface area contributed by atoms with Gasteiger partial charge in [0, 0.05) is 39.3 Å². The molecule has 0 unspecified atom stereocenters. The number of hydrogen-bond donors (Lipinski definition) is 2. The van der Waals surface area contributed by atoms with E-state index in [1.54, 1.807) is 14.1 Å². The fourth-order valence-corrected chi connectivity index (χ4v) is 4.65. The van der Waals surface area contributed by atoms with Crippen LogP contribution >= 0.6 is 0 Å². The van der Waals surface area contributed by atoms with Crippen molar-refractivity contribution in [3.63, 3.8) is 0 Å². The summed E-state index contributed by atoms with van der Waals surface area (Å²) in [7, 11) is 3.28. The maximum atomic E-state index is 12.8. The van der Waals surface area contributed by atoms with Crippen molar-refractivity contribution in [2.45, 2.75) is 37.5 Å². The standard InChI is InChI=1S/C21H29N5O4/c1-14-4-6-15(7-5-14)21(8-10-30-11-9-21)13-22-16(27)12-26-18-17(23-19(26)28)24(2)20(29)25(18)3/h4-7,17-18H,8-13H2,1-3H3,(H,22,27)(H,23,28)/t17-,18+/m1/s1. The lowest BCUT2D eigenvalue weighted by atomic mass is 9.74. The van der Waals surface area contributed by atoms with Crippen molar-refractivity contribution in [1.29, 1.82) is 0 Å². The van der Waals surface area contributed by atoms with E-state index in [1.165, 1.54) is 25.8 Å². The quantitative estimate of drug-likeness (QED) is 0.745. The Kier molecular flexibility index (Phi) is 5.31. The van der Waals surface area contributed by atoms with E-state index in [-0.39, 0.29) is 29.9 Å². The number of carbonyl (C=O) groups excluding carboxylic acids is 3. The number of amides is 5. The zero-order valence-corrected chi connectivity index (χ0v) is 17.7. The number of nitrogens with zero attached hydrogens (tertiary/aromatic N) is 3.